The van der Waals surface area contributed by atoms with Gasteiger partial charge in [0, 0.05) is 0 Å². The predicted octanol–water partition coefficient (Wildman–Crippen LogP) is 4.17. The molecular formula is C24H26N4O4. The van der Waals surface area contributed by atoms with Crippen LogP contribution in [0, 0.1) is 19.8 Å². The third kappa shape index (κ3) is 3.95. The first kappa shape index (κ1) is 21.5. The van der Waals surface area contributed by atoms with E-state index in [4.69, 9.17) is 0 Å². The summed E-state index contributed by atoms with van der Waals surface area (Å²) in [5.74, 6) is -1.53. The number of phenols is 1. The molecule has 32 heavy (non-hydrogen) atoms. The zero-order valence-electron chi connectivity index (χ0n) is 18.3. The highest BCUT2D eigenvalue weighted by molar-refractivity contribution is 6.71. The van der Waals surface area contributed by atoms with Crippen LogP contribution < -0.4 is 10.4 Å². The molecule has 166 valence electrons. The van der Waals surface area contributed by atoms with Crippen molar-refractivity contribution in [2.24, 2.45) is 16.1 Å². The van der Waals surface area contributed by atoms with E-state index in [9.17, 15) is 19.8 Å². The number of anilines is 2. The molecule has 4 rings (SSSR count). The predicted molar refractivity (Wildman–Crippen MR) is 123 cm³/mol. The number of aliphatic carboxylic acids is 1. The number of amides is 1. The van der Waals surface area contributed by atoms with Crippen molar-refractivity contribution in [1.29, 1.82) is 0 Å². The number of carbonyl (C=O) groups excluding carboxylic acids is 1. The number of hydrogen-bond donors (Lipinski definition) is 3. The Balaban J connectivity index is 1.53. The fourth-order valence-corrected chi connectivity index (χ4v) is 4.24. The summed E-state index contributed by atoms with van der Waals surface area (Å²) >= 11 is 0. The minimum atomic E-state index is -0.796. The van der Waals surface area contributed by atoms with Gasteiger partial charge in [-0.05, 0) is 80.8 Å². The third-order valence-electron chi connectivity index (χ3n) is 6.30. The SMILES string of the molecule is CC1=NN(c2ccc(C)c(C)c2)C(=O)C1=NNc1cccc(C2CCC(C(=O)O)C2)c1O. The molecule has 0 bridgehead atoms. The lowest BCUT2D eigenvalue weighted by Gasteiger charge is -2.15. The van der Waals surface area contributed by atoms with Crippen LogP contribution in [-0.4, -0.2) is 33.5 Å². The third-order valence-corrected chi connectivity index (χ3v) is 6.30. The van der Waals surface area contributed by atoms with Gasteiger partial charge in [-0.2, -0.15) is 15.2 Å². The lowest BCUT2D eigenvalue weighted by Crippen LogP contribution is -2.28. The van der Waals surface area contributed by atoms with E-state index in [0.29, 0.717) is 41.9 Å². The average molecular weight is 434 g/mol. The smallest absolute Gasteiger partial charge is 0.306 e. The summed E-state index contributed by atoms with van der Waals surface area (Å²) in [6, 6.07) is 10.9. The second kappa shape index (κ2) is 8.45. The maximum atomic E-state index is 12.9. The zero-order chi connectivity index (χ0) is 23.0. The summed E-state index contributed by atoms with van der Waals surface area (Å²) in [6.45, 7) is 5.69. The van der Waals surface area contributed by atoms with Crippen LogP contribution in [0.2, 0.25) is 0 Å². The summed E-state index contributed by atoms with van der Waals surface area (Å²) in [7, 11) is 0. The van der Waals surface area contributed by atoms with E-state index in [1.807, 2.05) is 32.0 Å². The second-order valence-electron chi connectivity index (χ2n) is 8.43. The van der Waals surface area contributed by atoms with Crippen LogP contribution in [0.3, 0.4) is 0 Å². The molecule has 2 aromatic rings. The van der Waals surface area contributed by atoms with Crippen molar-refractivity contribution in [2.75, 3.05) is 10.4 Å². The Morgan fingerprint density at radius 1 is 1.16 bits per heavy atom. The second-order valence-corrected chi connectivity index (χ2v) is 8.43. The van der Waals surface area contributed by atoms with Gasteiger partial charge in [-0.15, -0.1) is 0 Å². The molecule has 2 aliphatic rings. The van der Waals surface area contributed by atoms with Crippen LogP contribution in [0.4, 0.5) is 11.4 Å². The Morgan fingerprint density at radius 3 is 2.62 bits per heavy atom. The largest absolute Gasteiger partial charge is 0.505 e. The van der Waals surface area contributed by atoms with Gasteiger partial charge in [0.1, 0.15) is 5.75 Å². The Kier molecular flexibility index (Phi) is 5.69. The molecule has 2 unspecified atom stereocenters. The van der Waals surface area contributed by atoms with Gasteiger partial charge < -0.3 is 10.2 Å². The number of hydrazone groups is 2. The molecule has 1 saturated carbocycles. The molecule has 3 N–H and O–H groups in total. The Morgan fingerprint density at radius 2 is 1.94 bits per heavy atom. The maximum Gasteiger partial charge on any atom is 0.306 e. The molecule has 0 saturated heterocycles. The Hall–Kier alpha value is -3.68. The topological polar surface area (TPSA) is 115 Å². The fraction of sp³-hybridized carbons (Fsp3) is 0.333. The fourth-order valence-electron chi connectivity index (χ4n) is 4.24. The molecule has 1 heterocycles. The van der Waals surface area contributed by atoms with E-state index in [1.54, 1.807) is 25.1 Å². The quantitative estimate of drug-likeness (QED) is 0.483. The lowest BCUT2D eigenvalue weighted by atomic mass is 9.95. The standard InChI is InChI=1S/C24H26N4O4/c1-13-7-10-18(11-14(13)2)28-23(30)21(15(3)27-28)26-25-20-6-4-5-19(22(20)29)16-8-9-17(12-16)24(31)32/h4-7,10-11,16-17,25,29H,8-9,12H2,1-3H3,(H,31,32). The lowest BCUT2D eigenvalue weighted by molar-refractivity contribution is -0.141. The van der Waals surface area contributed by atoms with Gasteiger partial charge in [0.05, 0.1) is 23.0 Å². The molecule has 8 nitrogen and oxygen atoms in total. The van der Waals surface area contributed by atoms with E-state index in [2.05, 4.69) is 15.6 Å². The van der Waals surface area contributed by atoms with Crippen molar-refractivity contribution in [1.82, 2.24) is 0 Å². The summed E-state index contributed by atoms with van der Waals surface area (Å²) in [5, 5.41) is 29.9. The van der Waals surface area contributed by atoms with Crippen LogP contribution in [0.15, 0.2) is 46.6 Å². The minimum absolute atomic E-state index is 0.0258. The molecule has 1 amide bonds. The molecule has 0 spiro atoms. The molecule has 1 aliphatic heterocycles. The van der Waals surface area contributed by atoms with Gasteiger partial charge >= 0.3 is 11.9 Å². The van der Waals surface area contributed by atoms with Gasteiger partial charge in [-0.3, -0.25) is 15.0 Å². The van der Waals surface area contributed by atoms with E-state index < -0.39 is 5.97 Å². The number of nitrogens with one attached hydrogen (secondary N) is 1. The first-order valence-electron chi connectivity index (χ1n) is 10.6. The van der Waals surface area contributed by atoms with Crippen molar-refractivity contribution < 1.29 is 19.8 Å². The van der Waals surface area contributed by atoms with Crippen molar-refractivity contribution >= 4 is 34.7 Å². The molecule has 1 fully saturated rings. The number of hydrogen-bond acceptors (Lipinski definition) is 6. The van der Waals surface area contributed by atoms with Gasteiger partial charge in [-0.1, -0.05) is 18.2 Å². The summed E-state index contributed by atoms with van der Waals surface area (Å²) in [5.41, 5.74) is 7.35. The number of para-hydroxylation sites is 1. The average Bonchev–Trinajstić information content (AvgIpc) is 3.35. The number of aromatic hydroxyl groups is 1. The van der Waals surface area contributed by atoms with Crippen molar-refractivity contribution in [3.8, 4) is 5.75 Å². The monoisotopic (exact) mass is 434 g/mol. The van der Waals surface area contributed by atoms with Crippen LogP contribution in [0.25, 0.3) is 0 Å². The summed E-state index contributed by atoms with van der Waals surface area (Å²) in [4.78, 5) is 24.2. The Bertz CT molecular complexity index is 1150. The maximum absolute atomic E-state index is 12.9. The number of nitrogens with zero attached hydrogens (tertiary/aromatic N) is 3. The number of carbonyl (C=O) groups is 2. The molecule has 2 aromatic carbocycles. The molecule has 8 heteroatoms. The summed E-state index contributed by atoms with van der Waals surface area (Å²) < 4.78 is 0. The van der Waals surface area contributed by atoms with E-state index in [1.165, 1.54) is 5.01 Å². The van der Waals surface area contributed by atoms with Gasteiger partial charge in [0.25, 0.3) is 0 Å². The first-order valence-corrected chi connectivity index (χ1v) is 10.6. The highest BCUT2D eigenvalue weighted by Gasteiger charge is 2.33. The van der Waals surface area contributed by atoms with Crippen LogP contribution in [0.1, 0.15) is 48.8 Å². The van der Waals surface area contributed by atoms with Crippen molar-refractivity contribution in [3.63, 3.8) is 0 Å². The van der Waals surface area contributed by atoms with Gasteiger partial charge in [0.2, 0.25) is 0 Å². The Labute approximate surface area is 186 Å². The zero-order valence-corrected chi connectivity index (χ0v) is 18.3. The summed E-state index contributed by atoms with van der Waals surface area (Å²) in [6.07, 6.45) is 1.80. The molecule has 0 radical (unpaired) electrons. The van der Waals surface area contributed by atoms with Crippen LogP contribution >= 0.6 is 0 Å². The number of benzene rings is 2. The molecular weight excluding hydrogens is 408 g/mol. The molecule has 0 aromatic heterocycles. The van der Waals surface area contributed by atoms with Gasteiger partial charge in [0.15, 0.2) is 5.71 Å². The molecule has 1 aliphatic carbocycles. The van der Waals surface area contributed by atoms with E-state index >= 15 is 0 Å². The van der Waals surface area contributed by atoms with Crippen molar-refractivity contribution in [3.05, 3.63) is 53.1 Å². The van der Waals surface area contributed by atoms with E-state index in [0.717, 1.165) is 11.1 Å². The number of rotatable bonds is 5. The highest BCUT2D eigenvalue weighted by atomic mass is 16.4. The number of carboxylic acids is 1. The number of carboxylic acid groups (broad SMARTS) is 1. The molecule has 2 atom stereocenters. The first-order chi connectivity index (χ1) is 15.3. The van der Waals surface area contributed by atoms with Crippen molar-refractivity contribution in [2.45, 2.75) is 46.0 Å². The van der Waals surface area contributed by atoms with E-state index in [-0.39, 0.29) is 29.2 Å². The number of phenolic OH excluding ortho intramolecular Hbond substituents is 1. The number of aryl methyl sites for hydroxylation is 2. The van der Waals surface area contributed by atoms with Gasteiger partial charge in [-0.25, -0.2) is 0 Å². The van der Waals surface area contributed by atoms with Crippen LogP contribution in [0.5, 0.6) is 5.75 Å². The minimum Gasteiger partial charge on any atom is -0.505 e. The highest BCUT2D eigenvalue weighted by Crippen LogP contribution is 2.43. The normalized spacial score (nSPS) is 21.8. The van der Waals surface area contributed by atoms with Crippen LogP contribution in [-0.2, 0) is 9.59 Å².